The molecule has 1 aromatic heterocycles. The van der Waals surface area contributed by atoms with Gasteiger partial charge in [-0.1, -0.05) is 0 Å². The number of hydrogen-bond acceptors (Lipinski definition) is 3. The third-order valence-corrected chi connectivity index (χ3v) is 3.27. The number of hydrogen-bond donors (Lipinski definition) is 2. The normalized spacial score (nSPS) is 14.2. The van der Waals surface area contributed by atoms with Crippen LogP contribution in [0.2, 0.25) is 0 Å². The van der Waals surface area contributed by atoms with Crippen molar-refractivity contribution in [2.75, 3.05) is 0 Å². The second-order valence-electron chi connectivity index (χ2n) is 3.34. The van der Waals surface area contributed by atoms with Crippen LogP contribution in [0.5, 0.6) is 0 Å². The average molecular weight is 238 g/mol. The summed E-state index contributed by atoms with van der Waals surface area (Å²) in [5.74, 6) is 5.25. The van der Waals surface area contributed by atoms with Crippen molar-refractivity contribution >= 4 is 11.3 Å². The summed E-state index contributed by atoms with van der Waals surface area (Å²) in [7, 11) is 0. The van der Waals surface area contributed by atoms with Gasteiger partial charge in [-0.2, -0.15) is 13.2 Å². The highest BCUT2D eigenvalue weighted by molar-refractivity contribution is 7.10. The Morgan fingerprint density at radius 2 is 2.20 bits per heavy atom. The second-order valence-corrected chi connectivity index (χ2v) is 4.29. The SMILES string of the molecule is Cc1ccsc1C(CCC(F)(F)F)NN. The summed E-state index contributed by atoms with van der Waals surface area (Å²) in [5.41, 5.74) is 3.41. The summed E-state index contributed by atoms with van der Waals surface area (Å²) >= 11 is 1.42. The van der Waals surface area contributed by atoms with E-state index < -0.39 is 18.6 Å². The Bertz CT molecular complexity index is 309. The Labute approximate surface area is 90.3 Å². The molecule has 0 saturated heterocycles. The van der Waals surface area contributed by atoms with Crippen LogP contribution >= 0.6 is 11.3 Å². The lowest BCUT2D eigenvalue weighted by Gasteiger charge is -2.16. The van der Waals surface area contributed by atoms with Crippen LogP contribution in [0, 0.1) is 6.92 Å². The zero-order chi connectivity index (χ0) is 11.5. The molecule has 0 aliphatic rings. The molecule has 0 spiro atoms. The molecule has 86 valence electrons. The van der Waals surface area contributed by atoms with E-state index in [-0.39, 0.29) is 6.42 Å². The maximum Gasteiger partial charge on any atom is 0.389 e. The van der Waals surface area contributed by atoms with E-state index in [1.807, 2.05) is 18.4 Å². The van der Waals surface area contributed by atoms with Gasteiger partial charge in [0.05, 0.1) is 6.04 Å². The topological polar surface area (TPSA) is 38.0 Å². The largest absolute Gasteiger partial charge is 0.389 e. The molecule has 15 heavy (non-hydrogen) atoms. The maximum atomic E-state index is 12.0. The summed E-state index contributed by atoms with van der Waals surface area (Å²) in [6, 6.07) is 1.46. The fraction of sp³-hybridized carbons (Fsp3) is 0.556. The Balaban J connectivity index is 2.61. The van der Waals surface area contributed by atoms with E-state index in [4.69, 9.17) is 5.84 Å². The van der Waals surface area contributed by atoms with Gasteiger partial charge in [0.15, 0.2) is 0 Å². The van der Waals surface area contributed by atoms with Crippen LogP contribution in [0.25, 0.3) is 0 Å². The van der Waals surface area contributed by atoms with Gasteiger partial charge in [-0.3, -0.25) is 11.3 Å². The van der Waals surface area contributed by atoms with Crippen molar-refractivity contribution in [2.24, 2.45) is 5.84 Å². The number of thiophene rings is 1. The van der Waals surface area contributed by atoms with E-state index in [2.05, 4.69) is 5.43 Å². The number of nitrogens with one attached hydrogen (secondary N) is 1. The molecule has 1 aromatic rings. The van der Waals surface area contributed by atoms with Crippen LogP contribution in [0.1, 0.15) is 29.3 Å². The molecule has 1 heterocycles. The highest BCUT2D eigenvalue weighted by atomic mass is 32.1. The van der Waals surface area contributed by atoms with E-state index in [9.17, 15) is 13.2 Å². The first-order valence-corrected chi connectivity index (χ1v) is 5.39. The average Bonchev–Trinajstić information content (AvgIpc) is 2.52. The Kier molecular flexibility index (Phi) is 4.12. The lowest BCUT2D eigenvalue weighted by molar-refractivity contribution is -0.136. The van der Waals surface area contributed by atoms with E-state index >= 15 is 0 Å². The first-order chi connectivity index (χ1) is 6.94. The molecule has 2 nitrogen and oxygen atoms in total. The Morgan fingerprint density at radius 3 is 2.60 bits per heavy atom. The number of alkyl halides is 3. The molecule has 0 fully saturated rings. The van der Waals surface area contributed by atoms with E-state index in [1.165, 1.54) is 11.3 Å². The lowest BCUT2D eigenvalue weighted by Crippen LogP contribution is -2.29. The van der Waals surface area contributed by atoms with Gasteiger partial charge in [0.2, 0.25) is 0 Å². The van der Waals surface area contributed by atoms with Crippen molar-refractivity contribution in [3.05, 3.63) is 21.9 Å². The van der Waals surface area contributed by atoms with Crippen LogP contribution in [-0.2, 0) is 0 Å². The molecule has 0 radical (unpaired) electrons. The highest BCUT2D eigenvalue weighted by Crippen LogP contribution is 2.30. The summed E-state index contributed by atoms with van der Waals surface area (Å²) in [4.78, 5) is 0.877. The minimum absolute atomic E-state index is 0.0264. The molecule has 6 heteroatoms. The zero-order valence-corrected chi connectivity index (χ0v) is 9.08. The predicted octanol–water partition coefficient (Wildman–Crippen LogP) is 2.90. The molecule has 0 amide bonds. The van der Waals surface area contributed by atoms with E-state index in [1.54, 1.807) is 0 Å². The minimum atomic E-state index is -4.12. The van der Waals surface area contributed by atoms with Crippen LogP contribution in [0.15, 0.2) is 11.4 Å². The van der Waals surface area contributed by atoms with Crippen molar-refractivity contribution in [1.82, 2.24) is 5.43 Å². The van der Waals surface area contributed by atoms with Crippen LogP contribution in [0.3, 0.4) is 0 Å². The first kappa shape index (κ1) is 12.5. The molecule has 1 unspecified atom stereocenters. The zero-order valence-electron chi connectivity index (χ0n) is 8.27. The predicted molar refractivity (Wildman–Crippen MR) is 54.4 cm³/mol. The fourth-order valence-electron chi connectivity index (χ4n) is 1.34. The molecule has 0 aromatic carbocycles. The minimum Gasteiger partial charge on any atom is -0.271 e. The summed E-state index contributed by atoms with van der Waals surface area (Å²) in [6.45, 7) is 1.86. The molecule has 1 atom stereocenters. The fourth-order valence-corrected chi connectivity index (χ4v) is 2.36. The van der Waals surface area contributed by atoms with Gasteiger partial charge in [0.25, 0.3) is 0 Å². The van der Waals surface area contributed by atoms with Gasteiger partial charge < -0.3 is 0 Å². The van der Waals surface area contributed by atoms with E-state index in [0.717, 1.165) is 10.4 Å². The second kappa shape index (κ2) is 4.96. The van der Waals surface area contributed by atoms with Gasteiger partial charge >= 0.3 is 6.18 Å². The lowest BCUT2D eigenvalue weighted by atomic mass is 10.1. The smallest absolute Gasteiger partial charge is 0.271 e. The van der Waals surface area contributed by atoms with Gasteiger partial charge in [-0.25, -0.2) is 0 Å². The molecule has 1 rings (SSSR count). The van der Waals surface area contributed by atoms with Crippen molar-refractivity contribution in [2.45, 2.75) is 32.0 Å². The summed E-state index contributed by atoms with van der Waals surface area (Å²) in [6.07, 6.45) is -4.97. The van der Waals surface area contributed by atoms with Gasteiger partial charge in [-0.15, -0.1) is 11.3 Å². The maximum absolute atomic E-state index is 12.0. The van der Waals surface area contributed by atoms with Crippen LogP contribution < -0.4 is 11.3 Å². The monoisotopic (exact) mass is 238 g/mol. The molecule has 0 aliphatic carbocycles. The molecule has 0 bridgehead atoms. The molecule has 3 N–H and O–H groups in total. The Hall–Kier alpha value is -0.590. The third kappa shape index (κ3) is 3.81. The highest BCUT2D eigenvalue weighted by Gasteiger charge is 2.29. The standard InChI is InChI=1S/C9H13F3N2S/c1-6-3-5-15-8(6)7(14-13)2-4-9(10,11)12/h3,5,7,14H,2,4,13H2,1H3. The number of halogens is 3. The molecule has 0 aliphatic heterocycles. The van der Waals surface area contributed by atoms with Crippen molar-refractivity contribution in [1.29, 1.82) is 0 Å². The van der Waals surface area contributed by atoms with Gasteiger partial charge in [0.1, 0.15) is 0 Å². The van der Waals surface area contributed by atoms with Crippen molar-refractivity contribution < 1.29 is 13.2 Å². The van der Waals surface area contributed by atoms with Crippen molar-refractivity contribution in [3.63, 3.8) is 0 Å². The molecule has 0 saturated carbocycles. The summed E-state index contributed by atoms with van der Waals surface area (Å²) < 4.78 is 36.1. The first-order valence-electron chi connectivity index (χ1n) is 4.51. The number of nitrogens with two attached hydrogens (primary N) is 1. The van der Waals surface area contributed by atoms with E-state index in [0.29, 0.717) is 0 Å². The molecular formula is C9H13F3N2S. The van der Waals surface area contributed by atoms with Crippen LogP contribution in [0.4, 0.5) is 13.2 Å². The van der Waals surface area contributed by atoms with Crippen molar-refractivity contribution in [3.8, 4) is 0 Å². The van der Waals surface area contributed by atoms with Gasteiger partial charge in [-0.05, 0) is 30.4 Å². The number of rotatable bonds is 4. The van der Waals surface area contributed by atoms with Crippen LogP contribution in [-0.4, -0.2) is 6.18 Å². The van der Waals surface area contributed by atoms with Gasteiger partial charge in [0, 0.05) is 11.3 Å². The quantitative estimate of drug-likeness (QED) is 0.625. The summed E-state index contributed by atoms with van der Waals surface area (Å²) in [5, 5.41) is 1.85. The Morgan fingerprint density at radius 1 is 1.53 bits per heavy atom. The molecular weight excluding hydrogens is 225 g/mol. The third-order valence-electron chi connectivity index (χ3n) is 2.14. The number of hydrazine groups is 1. The number of aryl methyl sites for hydroxylation is 1.